The van der Waals surface area contributed by atoms with Gasteiger partial charge in [-0.1, -0.05) is 39.2 Å². The van der Waals surface area contributed by atoms with Gasteiger partial charge in [-0.2, -0.15) is 0 Å². The molecule has 0 fully saturated rings. The van der Waals surface area contributed by atoms with Gasteiger partial charge in [-0.3, -0.25) is 0 Å². The molecule has 78 valence electrons. The number of aliphatic hydroxyl groups is 1. The highest BCUT2D eigenvalue weighted by Gasteiger charge is 2.06. The Hall–Kier alpha value is -0.300. The monoisotopic (exact) mass is 184 g/mol. The van der Waals surface area contributed by atoms with Gasteiger partial charge in [-0.25, -0.2) is 0 Å². The van der Waals surface area contributed by atoms with Crippen LogP contribution in [0.1, 0.15) is 53.4 Å². The number of hydrogen-bond donors (Lipinski definition) is 1. The molecule has 0 aromatic carbocycles. The van der Waals surface area contributed by atoms with Crippen LogP contribution in [0.4, 0.5) is 0 Å². The fourth-order valence-electron chi connectivity index (χ4n) is 1.28. The molecule has 1 heteroatoms. The average Bonchev–Trinajstić information content (AvgIpc) is 2.15. The summed E-state index contributed by atoms with van der Waals surface area (Å²) in [6.07, 6.45) is 6.33. The van der Waals surface area contributed by atoms with E-state index in [1.165, 1.54) is 12.8 Å². The summed E-state index contributed by atoms with van der Waals surface area (Å²) < 4.78 is 0. The van der Waals surface area contributed by atoms with Crippen LogP contribution in [0.3, 0.4) is 0 Å². The molecule has 0 aliphatic rings. The van der Waals surface area contributed by atoms with Crippen molar-refractivity contribution in [3.05, 3.63) is 11.6 Å². The number of rotatable bonds is 6. The largest absolute Gasteiger partial charge is 0.389 e. The van der Waals surface area contributed by atoms with Crippen molar-refractivity contribution < 1.29 is 5.11 Å². The Balaban J connectivity index is 3.53. The predicted octanol–water partition coefficient (Wildman–Crippen LogP) is 3.53. The summed E-state index contributed by atoms with van der Waals surface area (Å²) in [7, 11) is 0. The van der Waals surface area contributed by atoms with Gasteiger partial charge in [0, 0.05) is 0 Å². The molecule has 2 unspecified atom stereocenters. The van der Waals surface area contributed by atoms with Crippen molar-refractivity contribution in [2.24, 2.45) is 5.92 Å². The molecule has 13 heavy (non-hydrogen) atoms. The molecule has 0 heterocycles. The van der Waals surface area contributed by atoms with Crippen LogP contribution < -0.4 is 0 Å². The zero-order chi connectivity index (χ0) is 10.3. The zero-order valence-electron chi connectivity index (χ0n) is 9.51. The standard InChI is InChI=1S/C12H24O/c1-5-10(3)8-7-9-12(13)11(4)6-2/h6,10,12-13H,5,7-9H2,1-4H3. The highest BCUT2D eigenvalue weighted by molar-refractivity contribution is 5.02. The van der Waals surface area contributed by atoms with Crippen molar-refractivity contribution in [2.75, 3.05) is 0 Å². The van der Waals surface area contributed by atoms with Gasteiger partial charge in [0.2, 0.25) is 0 Å². The van der Waals surface area contributed by atoms with Crippen molar-refractivity contribution in [3.8, 4) is 0 Å². The SMILES string of the molecule is CC=C(C)C(O)CCCC(C)CC. The normalized spacial score (nSPS) is 17.2. The summed E-state index contributed by atoms with van der Waals surface area (Å²) in [4.78, 5) is 0. The van der Waals surface area contributed by atoms with Gasteiger partial charge >= 0.3 is 0 Å². The Bertz CT molecular complexity index is 149. The molecule has 2 atom stereocenters. The lowest BCUT2D eigenvalue weighted by Gasteiger charge is -2.12. The van der Waals surface area contributed by atoms with Crippen LogP contribution in [0, 0.1) is 5.92 Å². The molecule has 0 aromatic rings. The van der Waals surface area contributed by atoms with Gasteiger partial charge < -0.3 is 5.11 Å². The molecule has 1 nitrogen and oxygen atoms in total. The summed E-state index contributed by atoms with van der Waals surface area (Å²) in [6.45, 7) is 8.47. The lowest BCUT2D eigenvalue weighted by molar-refractivity contribution is 0.193. The van der Waals surface area contributed by atoms with Gasteiger partial charge in [0.1, 0.15) is 0 Å². The molecule has 0 saturated heterocycles. The van der Waals surface area contributed by atoms with E-state index in [2.05, 4.69) is 13.8 Å². The van der Waals surface area contributed by atoms with E-state index in [1.54, 1.807) is 0 Å². The van der Waals surface area contributed by atoms with Crippen LogP contribution in [0.5, 0.6) is 0 Å². The first-order valence-electron chi connectivity index (χ1n) is 5.42. The lowest BCUT2D eigenvalue weighted by atomic mass is 9.98. The van der Waals surface area contributed by atoms with Gasteiger partial charge in [-0.05, 0) is 31.8 Å². The van der Waals surface area contributed by atoms with E-state index in [0.29, 0.717) is 0 Å². The third-order valence-electron chi connectivity index (χ3n) is 2.85. The Morgan fingerprint density at radius 3 is 2.46 bits per heavy atom. The third-order valence-corrected chi connectivity index (χ3v) is 2.85. The van der Waals surface area contributed by atoms with Crippen LogP contribution >= 0.6 is 0 Å². The van der Waals surface area contributed by atoms with E-state index >= 15 is 0 Å². The first-order chi connectivity index (χ1) is 6.11. The molecule has 0 aliphatic heterocycles. The highest BCUT2D eigenvalue weighted by atomic mass is 16.3. The summed E-state index contributed by atoms with van der Waals surface area (Å²) in [6, 6.07) is 0. The molecule has 0 spiro atoms. The fourth-order valence-corrected chi connectivity index (χ4v) is 1.28. The summed E-state index contributed by atoms with van der Waals surface area (Å²) >= 11 is 0. The number of hydrogen-bond acceptors (Lipinski definition) is 1. The molecule has 0 saturated carbocycles. The molecule has 0 aliphatic carbocycles. The van der Waals surface area contributed by atoms with Crippen molar-refractivity contribution in [2.45, 2.75) is 59.5 Å². The maximum atomic E-state index is 9.63. The van der Waals surface area contributed by atoms with Crippen LogP contribution in [0.25, 0.3) is 0 Å². The van der Waals surface area contributed by atoms with E-state index in [1.807, 2.05) is 19.9 Å². The molecule has 0 rings (SSSR count). The number of allylic oxidation sites excluding steroid dienone is 1. The zero-order valence-corrected chi connectivity index (χ0v) is 9.51. The van der Waals surface area contributed by atoms with E-state index in [4.69, 9.17) is 0 Å². The lowest BCUT2D eigenvalue weighted by Crippen LogP contribution is -2.08. The summed E-state index contributed by atoms with van der Waals surface area (Å²) in [5, 5.41) is 9.63. The van der Waals surface area contributed by atoms with Crippen molar-refractivity contribution in [3.63, 3.8) is 0 Å². The highest BCUT2D eigenvalue weighted by Crippen LogP contribution is 2.15. The second-order valence-electron chi connectivity index (χ2n) is 3.99. The molecule has 1 N–H and O–H groups in total. The summed E-state index contributed by atoms with van der Waals surface area (Å²) in [5.41, 5.74) is 1.10. The minimum Gasteiger partial charge on any atom is -0.389 e. The van der Waals surface area contributed by atoms with Gasteiger partial charge in [0.25, 0.3) is 0 Å². The van der Waals surface area contributed by atoms with E-state index in [9.17, 15) is 5.11 Å². The van der Waals surface area contributed by atoms with E-state index in [0.717, 1.165) is 24.3 Å². The first kappa shape index (κ1) is 12.7. The first-order valence-corrected chi connectivity index (χ1v) is 5.42. The molecular weight excluding hydrogens is 160 g/mol. The Morgan fingerprint density at radius 1 is 1.38 bits per heavy atom. The molecule has 0 amide bonds. The van der Waals surface area contributed by atoms with E-state index < -0.39 is 0 Å². The quantitative estimate of drug-likeness (QED) is 0.626. The second kappa shape index (κ2) is 7.14. The molecular formula is C12H24O. The Morgan fingerprint density at radius 2 is 2.00 bits per heavy atom. The predicted molar refractivity (Wildman–Crippen MR) is 58.7 cm³/mol. The average molecular weight is 184 g/mol. The van der Waals surface area contributed by atoms with Crippen molar-refractivity contribution >= 4 is 0 Å². The Labute approximate surface area is 82.9 Å². The van der Waals surface area contributed by atoms with E-state index in [-0.39, 0.29) is 6.10 Å². The molecule has 0 bridgehead atoms. The third kappa shape index (κ3) is 5.87. The number of aliphatic hydroxyl groups excluding tert-OH is 1. The fraction of sp³-hybridized carbons (Fsp3) is 0.833. The Kier molecular flexibility index (Phi) is 6.97. The van der Waals surface area contributed by atoms with Gasteiger partial charge in [0.05, 0.1) is 6.10 Å². The topological polar surface area (TPSA) is 20.2 Å². The van der Waals surface area contributed by atoms with Gasteiger partial charge in [-0.15, -0.1) is 0 Å². The van der Waals surface area contributed by atoms with Crippen LogP contribution in [-0.4, -0.2) is 11.2 Å². The molecule has 0 aromatic heterocycles. The minimum absolute atomic E-state index is 0.214. The maximum absolute atomic E-state index is 9.63. The molecule has 0 radical (unpaired) electrons. The second-order valence-corrected chi connectivity index (χ2v) is 3.99. The van der Waals surface area contributed by atoms with Crippen LogP contribution in [-0.2, 0) is 0 Å². The van der Waals surface area contributed by atoms with Crippen molar-refractivity contribution in [1.82, 2.24) is 0 Å². The smallest absolute Gasteiger partial charge is 0.0747 e. The maximum Gasteiger partial charge on any atom is 0.0747 e. The summed E-state index contributed by atoms with van der Waals surface area (Å²) in [5.74, 6) is 0.804. The minimum atomic E-state index is -0.214. The van der Waals surface area contributed by atoms with Crippen molar-refractivity contribution in [1.29, 1.82) is 0 Å². The van der Waals surface area contributed by atoms with Gasteiger partial charge in [0.15, 0.2) is 0 Å². The van der Waals surface area contributed by atoms with Crippen LogP contribution in [0.2, 0.25) is 0 Å². The van der Waals surface area contributed by atoms with Crippen LogP contribution in [0.15, 0.2) is 11.6 Å².